The minimum atomic E-state index is -0.500. The molecule has 0 unspecified atom stereocenters. The minimum absolute atomic E-state index is 0.0341. The van der Waals surface area contributed by atoms with Crippen molar-refractivity contribution in [1.82, 2.24) is 19.8 Å². The molecule has 2 aromatic rings. The van der Waals surface area contributed by atoms with E-state index in [1.807, 2.05) is 13.8 Å². The molecule has 8 nitrogen and oxygen atoms in total. The lowest BCUT2D eigenvalue weighted by molar-refractivity contribution is -0.0685. The first-order valence-electron chi connectivity index (χ1n) is 11.7. The van der Waals surface area contributed by atoms with Crippen LogP contribution in [0, 0.1) is 5.92 Å². The second-order valence-corrected chi connectivity index (χ2v) is 9.50. The van der Waals surface area contributed by atoms with Crippen molar-refractivity contribution >= 4 is 16.9 Å². The number of aromatic nitrogens is 2. The molecule has 3 heterocycles. The Hall–Kier alpha value is -2.45. The summed E-state index contributed by atoms with van der Waals surface area (Å²) in [5, 5.41) is 14.2. The van der Waals surface area contributed by atoms with Crippen LogP contribution in [0.15, 0.2) is 23.1 Å². The normalized spacial score (nSPS) is 26.8. The molecule has 0 bridgehead atoms. The van der Waals surface area contributed by atoms with Gasteiger partial charge in [0, 0.05) is 38.4 Å². The highest BCUT2D eigenvalue weighted by Crippen LogP contribution is 2.27. The van der Waals surface area contributed by atoms with E-state index in [-0.39, 0.29) is 29.6 Å². The maximum atomic E-state index is 13.4. The summed E-state index contributed by atoms with van der Waals surface area (Å²) in [6, 6.07) is 3.43. The van der Waals surface area contributed by atoms with Crippen LogP contribution in [-0.2, 0) is 11.3 Å². The van der Waals surface area contributed by atoms with Crippen LogP contribution in [0.1, 0.15) is 56.8 Å². The molecule has 1 amide bonds. The quantitative estimate of drug-likeness (QED) is 0.739. The van der Waals surface area contributed by atoms with Gasteiger partial charge in [0.2, 0.25) is 0 Å². The van der Waals surface area contributed by atoms with Gasteiger partial charge in [-0.05, 0) is 57.6 Å². The van der Waals surface area contributed by atoms with Gasteiger partial charge in [0.05, 0.1) is 17.6 Å². The Labute approximate surface area is 188 Å². The molecule has 1 saturated heterocycles. The molecule has 174 valence electrons. The third kappa shape index (κ3) is 4.81. The monoisotopic (exact) mass is 442 g/mol. The molecule has 32 heavy (non-hydrogen) atoms. The maximum Gasteiger partial charge on any atom is 0.268 e. The fourth-order valence-corrected chi connectivity index (χ4v) is 5.05. The number of aromatic hydroxyl groups is 1. The molecule has 2 N–H and O–H groups in total. The highest BCUT2D eigenvalue weighted by atomic mass is 16.5. The summed E-state index contributed by atoms with van der Waals surface area (Å²) in [7, 11) is 0. The number of carbonyl (C=O) groups excluding carboxylic acids is 1. The molecule has 0 aromatic carbocycles. The fourth-order valence-electron chi connectivity index (χ4n) is 5.05. The third-order valence-electron chi connectivity index (χ3n) is 6.71. The zero-order valence-corrected chi connectivity index (χ0v) is 19.2. The average Bonchev–Trinajstić information content (AvgIpc) is 2.75. The second kappa shape index (κ2) is 9.58. The van der Waals surface area contributed by atoms with E-state index in [4.69, 9.17) is 4.74 Å². The molecule has 1 saturated carbocycles. The summed E-state index contributed by atoms with van der Waals surface area (Å²) in [5.41, 5.74) is -0.287. The van der Waals surface area contributed by atoms with Crippen molar-refractivity contribution in [2.45, 2.75) is 71.2 Å². The highest BCUT2D eigenvalue weighted by Gasteiger charge is 2.27. The lowest BCUT2D eigenvalue weighted by Gasteiger charge is -2.35. The van der Waals surface area contributed by atoms with Gasteiger partial charge in [-0.25, -0.2) is 4.98 Å². The van der Waals surface area contributed by atoms with E-state index in [0.29, 0.717) is 30.0 Å². The van der Waals surface area contributed by atoms with Crippen molar-refractivity contribution in [1.29, 1.82) is 0 Å². The van der Waals surface area contributed by atoms with Gasteiger partial charge < -0.3 is 15.2 Å². The molecule has 4 rings (SSSR count). The van der Waals surface area contributed by atoms with Gasteiger partial charge in [-0.15, -0.1) is 0 Å². The standard InChI is InChI=1S/C24H34N4O4/c1-15-6-8-18(9-7-15)26-23(30)20-21(29)19-5-4-10-25-22(19)28(24(20)31)12-11-27-13-16(2)32-17(3)14-27/h4-5,10,15-18,29H,6-9,11-14H2,1-3H3,(H,26,30)/t15?,16-,17+,18?. The van der Waals surface area contributed by atoms with Gasteiger partial charge in [-0.3, -0.25) is 19.1 Å². The van der Waals surface area contributed by atoms with Gasteiger partial charge in [0.1, 0.15) is 17.0 Å². The lowest BCUT2D eigenvalue weighted by atomic mass is 9.87. The molecule has 8 heteroatoms. The Morgan fingerprint density at radius 1 is 1.16 bits per heavy atom. The van der Waals surface area contributed by atoms with Crippen LogP contribution >= 0.6 is 0 Å². The summed E-state index contributed by atoms with van der Waals surface area (Å²) in [6.07, 6.45) is 5.75. The van der Waals surface area contributed by atoms with E-state index in [9.17, 15) is 14.7 Å². The fraction of sp³-hybridized carbons (Fsp3) is 0.625. The molecule has 0 radical (unpaired) electrons. The van der Waals surface area contributed by atoms with Crippen LogP contribution in [0.3, 0.4) is 0 Å². The summed E-state index contributed by atoms with van der Waals surface area (Å²) in [5.74, 6) is -0.129. The number of nitrogens with zero attached hydrogens (tertiary/aromatic N) is 3. The molecule has 2 fully saturated rings. The number of carbonyl (C=O) groups is 1. The predicted octanol–water partition coefficient (Wildman–Crippen LogP) is 2.52. The first-order chi connectivity index (χ1) is 15.3. The van der Waals surface area contributed by atoms with E-state index in [2.05, 4.69) is 22.1 Å². The number of hydrogen-bond donors (Lipinski definition) is 2. The van der Waals surface area contributed by atoms with Crippen molar-refractivity contribution in [3.63, 3.8) is 0 Å². The van der Waals surface area contributed by atoms with Crippen LogP contribution in [0.5, 0.6) is 5.75 Å². The number of rotatable bonds is 5. The van der Waals surface area contributed by atoms with E-state index in [1.165, 1.54) is 4.57 Å². The number of fused-ring (bicyclic) bond motifs is 1. The van der Waals surface area contributed by atoms with Crippen molar-refractivity contribution in [2.24, 2.45) is 5.92 Å². The Morgan fingerprint density at radius 2 is 1.84 bits per heavy atom. The first-order valence-corrected chi connectivity index (χ1v) is 11.7. The zero-order chi connectivity index (χ0) is 22.8. The van der Waals surface area contributed by atoms with Crippen LogP contribution < -0.4 is 10.9 Å². The SMILES string of the molecule is CC1CCC(NC(=O)c2c(O)c3cccnc3n(CCN3C[C@@H](C)O[C@@H](C)C3)c2=O)CC1. The molecule has 2 atom stereocenters. The molecular weight excluding hydrogens is 408 g/mol. The molecule has 2 aliphatic rings. The van der Waals surface area contributed by atoms with E-state index in [1.54, 1.807) is 18.3 Å². The molecule has 1 aliphatic carbocycles. The number of pyridine rings is 2. The molecule has 0 spiro atoms. The molecule has 1 aliphatic heterocycles. The van der Waals surface area contributed by atoms with Crippen LogP contribution in [0.4, 0.5) is 0 Å². The van der Waals surface area contributed by atoms with Crippen LogP contribution in [0.25, 0.3) is 11.0 Å². The van der Waals surface area contributed by atoms with Gasteiger partial charge in [0.15, 0.2) is 0 Å². The van der Waals surface area contributed by atoms with Crippen molar-refractivity contribution in [3.8, 4) is 5.75 Å². The van der Waals surface area contributed by atoms with Gasteiger partial charge >= 0.3 is 0 Å². The predicted molar refractivity (Wildman–Crippen MR) is 123 cm³/mol. The number of hydrogen-bond acceptors (Lipinski definition) is 6. The summed E-state index contributed by atoms with van der Waals surface area (Å²) < 4.78 is 7.32. The van der Waals surface area contributed by atoms with Crippen molar-refractivity contribution in [3.05, 3.63) is 34.2 Å². The van der Waals surface area contributed by atoms with E-state index < -0.39 is 11.5 Å². The third-order valence-corrected chi connectivity index (χ3v) is 6.71. The second-order valence-electron chi connectivity index (χ2n) is 9.50. The maximum absolute atomic E-state index is 13.4. The highest BCUT2D eigenvalue weighted by molar-refractivity contribution is 6.01. The van der Waals surface area contributed by atoms with Crippen molar-refractivity contribution in [2.75, 3.05) is 19.6 Å². The molecule has 2 aromatic heterocycles. The topological polar surface area (TPSA) is 96.7 Å². The Bertz CT molecular complexity index is 1020. The summed E-state index contributed by atoms with van der Waals surface area (Å²) >= 11 is 0. The smallest absolute Gasteiger partial charge is 0.268 e. The largest absolute Gasteiger partial charge is 0.506 e. The lowest BCUT2D eigenvalue weighted by Crippen LogP contribution is -2.47. The zero-order valence-electron chi connectivity index (χ0n) is 19.2. The Kier molecular flexibility index (Phi) is 6.81. The van der Waals surface area contributed by atoms with Crippen molar-refractivity contribution < 1.29 is 14.6 Å². The first kappa shape index (κ1) is 22.7. The number of ether oxygens (including phenoxy) is 1. The number of amides is 1. The van der Waals surface area contributed by atoms with E-state index >= 15 is 0 Å². The van der Waals surface area contributed by atoms with Crippen LogP contribution in [-0.4, -0.2) is 63.3 Å². The Balaban J connectivity index is 1.62. The average molecular weight is 443 g/mol. The number of morpholine rings is 1. The Morgan fingerprint density at radius 3 is 2.53 bits per heavy atom. The van der Waals surface area contributed by atoms with E-state index in [0.717, 1.165) is 38.8 Å². The van der Waals surface area contributed by atoms with Gasteiger partial charge in [-0.1, -0.05) is 6.92 Å². The minimum Gasteiger partial charge on any atom is -0.506 e. The van der Waals surface area contributed by atoms with Gasteiger partial charge in [0.25, 0.3) is 11.5 Å². The summed E-state index contributed by atoms with van der Waals surface area (Å²) in [4.78, 5) is 33.1. The van der Waals surface area contributed by atoms with Gasteiger partial charge in [-0.2, -0.15) is 0 Å². The summed E-state index contributed by atoms with van der Waals surface area (Å²) in [6.45, 7) is 8.89. The van der Waals surface area contributed by atoms with Crippen LogP contribution in [0.2, 0.25) is 0 Å². The number of nitrogens with one attached hydrogen (secondary N) is 1. The molecular formula is C24H34N4O4.